The van der Waals surface area contributed by atoms with E-state index in [4.69, 9.17) is 5.11 Å². The molecule has 0 aliphatic heterocycles. The first kappa shape index (κ1) is 14.8. The van der Waals surface area contributed by atoms with Crippen LogP contribution in [0.5, 0.6) is 0 Å². The van der Waals surface area contributed by atoms with Crippen LogP contribution in [0.25, 0.3) is 0 Å². The second kappa shape index (κ2) is 6.69. The first-order valence-electron chi connectivity index (χ1n) is 6.71. The number of amides is 2. The Hall–Kier alpha value is -1.63. The van der Waals surface area contributed by atoms with Gasteiger partial charge in [0.25, 0.3) is 0 Å². The summed E-state index contributed by atoms with van der Waals surface area (Å²) in [5, 5.41) is 14.6. The normalized spacial score (nSPS) is 21.6. The van der Waals surface area contributed by atoms with Crippen molar-refractivity contribution in [3.63, 3.8) is 0 Å². The third-order valence-electron chi connectivity index (χ3n) is 3.76. The molecular formula is C13H19N3O3S. The van der Waals surface area contributed by atoms with Crippen molar-refractivity contribution in [2.75, 3.05) is 6.54 Å². The lowest BCUT2D eigenvalue weighted by Crippen LogP contribution is -2.39. The van der Waals surface area contributed by atoms with Crippen molar-refractivity contribution in [1.29, 1.82) is 0 Å². The predicted octanol–water partition coefficient (Wildman–Crippen LogP) is 1.75. The van der Waals surface area contributed by atoms with Crippen LogP contribution in [0.15, 0.2) is 5.51 Å². The summed E-state index contributed by atoms with van der Waals surface area (Å²) in [7, 11) is 0. The average molecular weight is 297 g/mol. The van der Waals surface area contributed by atoms with Crippen LogP contribution in [-0.2, 0) is 11.3 Å². The quantitative estimate of drug-likeness (QED) is 0.772. The number of carboxylic acids is 1. The number of aromatic nitrogens is 1. The fraction of sp³-hybridized carbons (Fsp3) is 0.615. The van der Waals surface area contributed by atoms with E-state index in [9.17, 15) is 9.59 Å². The van der Waals surface area contributed by atoms with Crippen molar-refractivity contribution < 1.29 is 14.7 Å². The van der Waals surface area contributed by atoms with E-state index in [0.717, 1.165) is 23.4 Å². The highest BCUT2D eigenvalue weighted by molar-refractivity contribution is 7.09. The Morgan fingerprint density at radius 2 is 2.25 bits per heavy atom. The van der Waals surface area contributed by atoms with Crippen molar-refractivity contribution in [2.24, 2.45) is 11.8 Å². The van der Waals surface area contributed by atoms with Gasteiger partial charge < -0.3 is 15.7 Å². The molecule has 1 fully saturated rings. The van der Waals surface area contributed by atoms with Crippen molar-refractivity contribution in [3.8, 4) is 0 Å². The lowest BCUT2D eigenvalue weighted by atomic mass is 9.96. The number of aliphatic carboxylic acids is 1. The third kappa shape index (κ3) is 3.69. The highest BCUT2D eigenvalue weighted by atomic mass is 32.1. The van der Waals surface area contributed by atoms with Gasteiger partial charge in [0.15, 0.2) is 0 Å². The highest BCUT2D eigenvalue weighted by Crippen LogP contribution is 2.31. The fourth-order valence-corrected chi connectivity index (χ4v) is 3.27. The number of thiazole rings is 1. The number of carbonyl (C=O) groups excluding carboxylic acids is 1. The van der Waals surface area contributed by atoms with Crippen molar-refractivity contribution in [3.05, 3.63) is 16.1 Å². The number of hydrogen-bond acceptors (Lipinski definition) is 4. The minimum atomic E-state index is -0.755. The molecule has 1 aromatic rings. The summed E-state index contributed by atoms with van der Waals surface area (Å²) in [6.45, 7) is 2.78. The van der Waals surface area contributed by atoms with Crippen LogP contribution < -0.4 is 10.6 Å². The second-order valence-electron chi connectivity index (χ2n) is 5.06. The largest absolute Gasteiger partial charge is 0.481 e. The summed E-state index contributed by atoms with van der Waals surface area (Å²) >= 11 is 1.51. The summed E-state index contributed by atoms with van der Waals surface area (Å²) in [4.78, 5) is 27.9. The molecule has 20 heavy (non-hydrogen) atoms. The highest BCUT2D eigenvalue weighted by Gasteiger charge is 2.32. The molecule has 110 valence electrons. The Bertz CT molecular complexity index is 489. The lowest BCUT2D eigenvalue weighted by Gasteiger charge is -2.16. The molecule has 3 N–H and O–H groups in total. The Kier molecular flexibility index (Phi) is 4.94. The van der Waals surface area contributed by atoms with Gasteiger partial charge in [-0.1, -0.05) is 6.42 Å². The third-order valence-corrected chi connectivity index (χ3v) is 4.69. The number of carbonyl (C=O) groups is 2. The number of hydrogen-bond donors (Lipinski definition) is 3. The topological polar surface area (TPSA) is 91.3 Å². The number of aryl methyl sites for hydroxylation is 1. The molecule has 1 heterocycles. The maximum absolute atomic E-state index is 11.7. The SMILES string of the molecule is Cc1ncsc1CNC(=O)NCC1CCCC1C(=O)O. The standard InChI is InChI=1S/C13H19N3O3S/c1-8-11(20-7-16-8)6-15-13(19)14-5-9-3-2-4-10(9)12(17)18/h7,9-10H,2-6H2,1H3,(H,17,18)(H2,14,15,19). The number of carboxylic acid groups (broad SMARTS) is 1. The number of urea groups is 1. The van der Waals surface area contributed by atoms with Crippen LogP contribution >= 0.6 is 11.3 Å². The Morgan fingerprint density at radius 3 is 2.90 bits per heavy atom. The number of nitrogens with one attached hydrogen (secondary N) is 2. The molecule has 2 unspecified atom stereocenters. The Balaban J connectivity index is 1.72. The molecule has 0 aromatic carbocycles. The van der Waals surface area contributed by atoms with Crippen molar-refractivity contribution in [2.45, 2.75) is 32.7 Å². The van der Waals surface area contributed by atoms with Gasteiger partial charge >= 0.3 is 12.0 Å². The summed E-state index contributed by atoms with van der Waals surface area (Å²) in [6.07, 6.45) is 2.50. The molecule has 6 nitrogen and oxygen atoms in total. The van der Waals surface area contributed by atoms with Crippen molar-refractivity contribution >= 4 is 23.3 Å². The summed E-state index contributed by atoms with van der Waals surface area (Å²) in [5.74, 6) is -1.03. The van der Waals surface area contributed by atoms with Gasteiger partial charge in [0.1, 0.15) is 0 Å². The molecule has 0 bridgehead atoms. The maximum atomic E-state index is 11.7. The van der Waals surface area contributed by atoms with Crippen LogP contribution in [0.2, 0.25) is 0 Å². The number of nitrogens with zero attached hydrogens (tertiary/aromatic N) is 1. The summed E-state index contributed by atoms with van der Waals surface area (Å²) < 4.78 is 0. The van der Waals surface area contributed by atoms with Gasteiger partial charge in [0, 0.05) is 11.4 Å². The van der Waals surface area contributed by atoms with Crippen LogP contribution in [0.1, 0.15) is 29.8 Å². The zero-order valence-corrected chi connectivity index (χ0v) is 12.2. The van der Waals surface area contributed by atoms with Crippen LogP contribution in [-0.4, -0.2) is 28.6 Å². The summed E-state index contributed by atoms with van der Waals surface area (Å²) in [5.41, 5.74) is 2.68. The van der Waals surface area contributed by atoms with E-state index in [1.54, 1.807) is 5.51 Å². The van der Waals surface area contributed by atoms with Crippen LogP contribution in [0.3, 0.4) is 0 Å². The molecule has 1 saturated carbocycles. The lowest BCUT2D eigenvalue weighted by molar-refractivity contribution is -0.142. The van der Waals surface area contributed by atoms with Gasteiger partial charge in [-0.25, -0.2) is 9.78 Å². The second-order valence-corrected chi connectivity index (χ2v) is 6.00. The van der Waals surface area contributed by atoms with Crippen LogP contribution in [0.4, 0.5) is 4.79 Å². The first-order chi connectivity index (χ1) is 9.58. The molecule has 1 aromatic heterocycles. The molecule has 1 aliphatic rings. The van der Waals surface area contributed by atoms with E-state index in [1.165, 1.54) is 11.3 Å². The zero-order chi connectivity index (χ0) is 14.5. The first-order valence-corrected chi connectivity index (χ1v) is 7.59. The molecule has 1 aliphatic carbocycles. The van der Waals surface area contributed by atoms with E-state index in [1.807, 2.05) is 6.92 Å². The van der Waals surface area contributed by atoms with Crippen LogP contribution in [0, 0.1) is 18.8 Å². The van der Waals surface area contributed by atoms with E-state index < -0.39 is 5.97 Å². The molecule has 7 heteroatoms. The minimum absolute atomic E-state index is 0.0448. The van der Waals surface area contributed by atoms with E-state index in [0.29, 0.717) is 19.5 Å². The molecule has 0 saturated heterocycles. The Morgan fingerprint density at radius 1 is 1.45 bits per heavy atom. The summed E-state index contributed by atoms with van der Waals surface area (Å²) in [6, 6.07) is -0.256. The molecule has 2 rings (SSSR count). The monoisotopic (exact) mass is 297 g/mol. The zero-order valence-electron chi connectivity index (χ0n) is 11.4. The van der Waals surface area contributed by atoms with Gasteiger partial charge in [0.05, 0.1) is 23.7 Å². The van der Waals surface area contributed by atoms with E-state index >= 15 is 0 Å². The van der Waals surface area contributed by atoms with Gasteiger partial charge in [-0.2, -0.15) is 0 Å². The Labute approximate surface area is 121 Å². The molecule has 0 spiro atoms. The van der Waals surface area contributed by atoms with Gasteiger partial charge in [-0.3, -0.25) is 4.79 Å². The van der Waals surface area contributed by atoms with Crippen molar-refractivity contribution in [1.82, 2.24) is 15.6 Å². The van der Waals surface area contributed by atoms with E-state index in [2.05, 4.69) is 15.6 Å². The molecule has 2 atom stereocenters. The predicted molar refractivity (Wildman–Crippen MR) is 75.6 cm³/mol. The molecular weight excluding hydrogens is 278 g/mol. The van der Waals surface area contributed by atoms with E-state index in [-0.39, 0.29) is 17.9 Å². The molecule has 0 radical (unpaired) electrons. The number of rotatable bonds is 5. The smallest absolute Gasteiger partial charge is 0.315 e. The maximum Gasteiger partial charge on any atom is 0.315 e. The average Bonchev–Trinajstić information content (AvgIpc) is 3.02. The minimum Gasteiger partial charge on any atom is -0.481 e. The fourth-order valence-electron chi connectivity index (χ4n) is 2.55. The van der Waals surface area contributed by atoms with Gasteiger partial charge in [-0.05, 0) is 25.7 Å². The molecule has 2 amide bonds. The van der Waals surface area contributed by atoms with Gasteiger partial charge in [0.2, 0.25) is 0 Å². The van der Waals surface area contributed by atoms with Gasteiger partial charge in [-0.15, -0.1) is 11.3 Å².